The molecule has 0 aliphatic heterocycles. The van der Waals surface area contributed by atoms with Crippen LogP contribution in [0.15, 0.2) is 55.2 Å². The van der Waals surface area contributed by atoms with Gasteiger partial charge in [-0.1, -0.05) is 12.1 Å². The Balaban J connectivity index is 1.62. The van der Waals surface area contributed by atoms with Gasteiger partial charge >= 0.3 is 0 Å². The lowest BCUT2D eigenvalue weighted by molar-refractivity contribution is 1.08. The summed E-state index contributed by atoms with van der Waals surface area (Å²) in [4.78, 5) is 24.5. The van der Waals surface area contributed by atoms with Gasteiger partial charge in [-0.2, -0.15) is 9.97 Å². The Labute approximate surface area is 137 Å². The van der Waals surface area contributed by atoms with E-state index in [1.165, 1.54) is 0 Å². The molecule has 4 rings (SSSR count). The standard InChI is InChI=1S/C16H14N8/c1-2-7-18-12(5-1)22-16-23-14(13-15(24-16)21-10-20-13)19-9-11-4-3-6-17-8-11/h1-8,10H,9H2,(H3,18,19,20,21,22,23,24). The smallest absolute Gasteiger partial charge is 0.232 e. The first-order chi connectivity index (χ1) is 11.9. The van der Waals surface area contributed by atoms with E-state index < -0.39 is 0 Å². The van der Waals surface area contributed by atoms with Crippen molar-refractivity contribution in [3.63, 3.8) is 0 Å². The Kier molecular flexibility index (Phi) is 3.69. The molecule has 4 heterocycles. The van der Waals surface area contributed by atoms with E-state index in [0.717, 1.165) is 11.1 Å². The van der Waals surface area contributed by atoms with Crippen LogP contribution in [-0.4, -0.2) is 29.9 Å². The molecule has 8 heteroatoms. The van der Waals surface area contributed by atoms with Gasteiger partial charge in [0.15, 0.2) is 11.5 Å². The van der Waals surface area contributed by atoms with Crippen molar-refractivity contribution in [1.82, 2.24) is 29.9 Å². The number of pyridine rings is 2. The predicted octanol–water partition coefficient (Wildman–Crippen LogP) is 2.50. The fourth-order valence-corrected chi connectivity index (χ4v) is 2.26. The summed E-state index contributed by atoms with van der Waals surface area (Å²) in [7, 11) is 0. The summed E-state index contributed by atoms with van der Waals surface area (Å²) in [6, 6.07) is 9.49. The summed E-state index contributed by atoms with van der Waals surface area (Å²) in [5.41, 5.74) is 2.39. The molecule has 0 aromatic carbocycles. The highest BCUT2D eigenvalue weighted by molar-refractivity contribution is 5.84. The van der Waals surface area contributed by atoms with E-state index >= 15 is 0 Å². The summed E-state index contributed by atoms with van der Waals surface area (Å²) in [6.07, 6.45) is 6.86. The van der Waals surface area contributed by atoms with Gasteiger partial charge in [0.1, 0.15) is 11.3 Å². The second-order valence-electron chi connectivity index (χ2n) is 5.05. The highest BCUT2D eigenvalue weighted by Gasteiger charge is 2.10. The number of nitrogens with zero attached hydrogens (tertiary/aromatic N) is 5. The molecule has 0 aliphatic carbocycles. The normalized spacial score (nSPS) is 10.7. The fraction of sp³-hybridized carbons (Fsp3) is 0.0625. The van der Waals surface area contributed by atoms with Crippen molar-refractivity contribution >= 4 is 28.7 Å². The third-order valence-electron chi connectivity index (χ3n) is 3.37. The molecule has 118 valence electrons. The molecular weight excluding hydrogens is 304 g/mol. The minimum atomic E-state index is 0.432. The van der Waals surface area contributed by atoms with E-state index in [2.05, 4.69) is 40.5 Å². The third kappa shape index (κ3) is 2.98. The lowest BCUT2D eigenvalue weighted by Gasteiger charge is -2.09. The van der Waals surface area contributed by atoms with Gasteiger partial charge in [0.2, 0.25) is 5.95 Å². The van der Waals surface area contributed by atoms with Gasteiger partial charge in [0, 0.05) is 25.1 Å². The lowest BCUT2D eigenvalue weighted by atomic mass is 10.3. The Morgan fingerprint density at radius 2 is 2.00 bits per heavy atom. The molecule has 0 atom stereocenters. The van der Waals surface area contributed by atoms with E-state index in [4.69, 9.17) is 0 Å². The number of anilines is 3. The van der Waals surface area contributed by atoms with Crippen molar-refractivity contribution in [1.29, 1.82) is 0 Å². The number of aromatic amines is 1. The first-order valence-electron chi connectivity index (χ1n) is 7.40. The van der Waals surface area contributed by atoms with Crippen molar-refractivity contribution in [3.05, 3.63) is 60.8 Å². The van der Waals surface area contributed by atoms with Crippen molar-refractivity contribution in [2.75, 3.05) is 10.6 Å². The first-order valence-corrected chi connectivity index (χ1v) is 7.40. The second-order valence-corrected chi connectivity index (χ2v) is 5.05. The molecule has 24 heavy (non-hydrogen) atoms. The van der Waals surface area contributed by atoms with Gasteiger partial charge in [-0.15, -0.1) is 0 Å². The minimum absolute atomic E-state index is 0.432. The van der Waals surface area contributed by atoms with Crippen LogP contribution >= 0.6 is 0 Å². The van der Waals surface area contributed by atoms with Crippen molar-refractivity contribution in [2.45, 2.75) is 6.54 Å². The van der Waals surface area contributed by atoms with Gasteiger partial charge in [-0.3, -0.25) is 4.98 Å². The van der Waals surface area contributed by atoms with Crippen molar-refractivity contribution in [2.24, 2.45) is 0 Å². The van der Waals surface area contributed by atoms with Crippen LogP contribution in [0.2, 0.25) is 0 Å². The van der Waals surface area contributed by atoms with Crippen LogP contribution < -0.4 is 10.6 Å². The molecule has 0 saturated carbocycles. The van der Waals surface area contributed by atoms with Gasteiger partial charge in [-0.05, 0) is 23.8 Å². The van der Waals surface area contributed by atoms with Gasteiger partial charge in [0.25, 0.3) is 0 Å². The molecule has 0 saturated heterocycles. The van der Waals surface area contributed by atoms with Crippen LogP contribution in [0.1, 0.15) is 5.56 Å². The van der Waals surface area contributed by atoms with Crippen LogP contribution in [-0.2, 0) is 6.54 Å². The van der Waals surface area contributed by atoms with Crippen LogP contribution in [0, 0.1) is 0 Å². The van der Waals surface area contributed by atoms with Crippen LogP contribution in [0.3, 0.4) is 0 Å². The molecule has 0 unspecified atom stereocenters. The van der Waals surface area contributed by atoms with E-state index in [9.17, 15) is 0 Å². The maximum atomic E-state index is 4.52. The molecule has 0 amide bonds. The zero-order valence-corrected chi connectivity index (χ0v) is 12.6. The van der Waals surface area contributed by atoms with Crippen LogP contribution in [0.25, 0.3) is 11.2 Å². The van der Waals surface area contributed by atoms with Gasteiger partial charge < -0.3 is 15.6 Å². The monoisotopic (exact) mass is 318 g/mol. The zero-order chi connectivity index (χ0) is 16.2. The Morgan fingerprint density at radius 1 is 1.00 bits per heavy atom. The van der Waals surface area contributed by atoms with E-state index in [-0.39, 0.29) is 0 Å². The number of rotatable bonds is 5. The van der Waals surface area contributed by atoms with E-state index in [0.29, 0.717) is 29.8 Å². The molecule has 0 spiro atoms. The maximum Gasteiger partial charge on any atom is 0.232 e. The number of fused-ring (bicyclic) bond motifs is 1. The molecule has 0 aliphatic rings. The number of nitrogens with one attached hydrogen (secondary N) is 3. The average molecular weight is 318 g/mol. The highest BCUT2D eigenvalue weighted by atomic mass is 15.2. The summed E-state index contributed by atoms with van der Waals surface area (Å²) in [5, 5.41) is 6.38. The van der Waals surface area contributed by atoms with E-state index in [1.54, 1.807) is 18.7 Å². The van der Waals surface area contributed by atoms with E-state index in [1.807, 2.05) is 36.5 Å². The Bertz CT molecular complexity index is 936. The summed E-state index contributed by atoms with van der Waals surface area (Å²) < 4.78 is 0. The lowest BCUT2D eigenvalue weighted by Crippen LogP contribution is -2.06. The molecule has 4 aromatic heterocycles. The quantitative estimate of drug-likeness (QED) is 0.519. The second kappa shape index (κ2) is 6.29. The predicted molar refractivity (Wildman–Crippen MR) is 90.8 cm³/mol. The highest BCUT2D eigenvalue weighted by Crippen LogP contribution is 2.20. The Morgan fingerprint density at radius 3 is 2.83 bits per heavy atom. The summed E-state index contributed by atoms with van der Waals surface area (Å²) in [5.74, 6) is 1.77. The molecular formula is C16H14N8. The number of hydrogen-bond donors (Lipinski definition) is 3. The van der Waals surface area contributed by atoms with Crippen molar-refractivity contribution < 1.29 is 0 Å². The molecule has 3 N–H and O–H groups in total. The minimum Gasteiger partial charge on any atom is -0.364 e. The Hall–Kier alpha value is -3.55. The molecule has 4 aromatic rings. The molecule has 8 nitrogen and oxygen atoms in total. The van der Waals surface area contributed by atoms with Crippen molar-refractivity contribution in [3.8, 4) is 0 Å². The SMILES string of the molecule is c1ccc(Nc2nc(NCc3cccnc3)c3[nH]cnc3n2)nc1. The van der Waals surface area contributed by atoms with Crippen LogP contribution in [0.5, 0.6) is 0 Å². The number of aromatic nitrogens is 6. The number of imidazole rings is 1. The number of hydrogen-bond acceptors (Lipinski definition) is 7. The molecule has 0 radical (unpaired) electrons. The fourth-order valence-electron chi connectivity index (χ4n) is 2.26. The maximum absolute atomic E-state index is 4.52. The average Bonchev–Trinajstić information content (AvgIpc) is 3.10. The summed E-state index contributed by atoms with van der Waals surface area (Å²) >= 11 is 0. The first kappa shape index (κ1) is 14.1. The molecule has 0 bridgehead atoms. The third-order valence-corrected chi connectivity index (χ3v) is 3.37. The number of H-pyrrole nitrogens is 1. The zero-order valence-electron chi connectivity index (χ0n) is 12.6. The largest absolute Gasteiger partial charge is 0.364 e. The van der Waals surface area contributed by atoms with Gasteiger partial charge in [0.05, 0.1) is 6.33 Å². The van der Waals surface area contributed by atoms with Gasteiger partial charge in [-0.25, -0.2) is 9.97 Å². The summed E-state index contributed by atoms with van der Waals surface area (Å²) in [6.45, 7) is 0.599. The topological polar surface area (TPSA) is 104 Å². The van der Waals surface area contributed by atoms with Crippen LogP contribution in [0.4, 0.5) is 17.6 Å². The molecule has 0 fully saturated rings.